The van der Waals surface area contributed by atoms with Gasteiger partial charge in [0.1, 0.15) is 11.9 Å². The predicted octanol–water partition coefficient (Wildman–Crippen LogP) is 1.83. The lowest BCUT2D eigenvalue weighted by Gasteiger charge is -2.31. The van der Waals surface area contributed by atoms with Crippen LogP contribution in [-0.4, -0.2) is 44.0 Å². The first-order valence-corrected chi connectivity index (χ1v) is 8.66. The van der Waals surface area contributed by atoms with Crippen molar-refractivity contribution in [2.24, 2.45) is 0 Å². The van der Waals surface area contributed by atoms with E-state index in [0.29, 0.717) is 18.0 Å². The van der Waals surface area contributed by atoms with Crippen LogP contribution in [0.2, 0.25) is 0 Å². The lowest BCUT2D eigenvalue weighted by molar-refractivity contribution is -0.186. The number of hydrogen-bond acceptors (Lipinski definition) is 5. The monoisotopic (exact) mass is 348 g/mol. The first kappa shape index (κ1) is 17.7. The van der Waals surface area contributed by atoms with Crippen LogP contribution in [-0.2, 0) is 19.1 Å². The third-order valence-corrected chi connectivity index (χ3v) is 4.58. The summed E-state index contributed by atoms with van der Waals surface area (Å²) in [4.78, 5) is 24.0. The minimum absolute atomic E-state index is 0.221. The molecule has 1 atom stereocenters. The van der Waals surface area contributed by atoms with Crippen molar-refractivity contribution in [1.82, 2.24) is 5.32 Å². The van der Waals surface area contributed by atoms with E-state index in [2.05, 4.69) is 10.6 Å². The summed E-state index contributed by atoms with van der Waals surface area (Å²) in [7, 11) is 1.50. The molecule has 2 aliphatic rings. The summed E-state index contributed by atoms with van der Waals surface area (Å²) in [6, 6.07) is 6.92. The molecule has 1 aliphatic heterocycles. The summed E-state index contributed by atoms with van der Waals surface area (Å²) in [5.41, 5.74) is 0.451. The van der Waals surface area contributed by atoms with Crippen LogP contribution >= 0.6 is 0 Å². The zero-order valence-corrected chi connectivity index (χ0v) is 14.4. The summed E-state index contributed by atoms with van der Waals surface area (Å²) in [5.74, 6) is -1.43. The Bertz CT molecular complexity index is 628. The van der Waals surface area contributed by atoms with E-state index < -0.39 is 17.6 Å². The fourth-order valence-corrected chi connectivity index (χ4v) is 3.28. The fourth-order valence-electron chi connectivity index (χ4n) is 3.28. The lowest BCUT2D eigenvalue weighted by Crippen LogP contribution is -2.41. The molecule has 0 bridgehead atoms. The van der Waals surface area contributed by atoms with E-state index in [1.54, 1.807) is 24.3 Å². The maximum absolute atomic E-state index is 12.0. The number of hydrogen-bond donors (Lipinski definition) is 2. The van der Waals surface area contributed by atoms with Crippen molar-refractivity contribution in [3.63, 3.8) is 0 Å². The first-order valence-electron chi connectivity index (χ1n) is 8.66. The molecule has 1 aromatic carbocycles. The van der Waals surface area contributed by atoms with Crippen LogP contribution in [0.4, 0.5) is 5.69 Å². The van der Waals surface area contributed by atoms with Crippen LogP contribution in [0.25, 0.3) is 0 Å². The molecule has 2 fully saturated rings. The quantitative estimate of drug-likeness (QED) is 0.811. The van der Waals surface area contributed by atoms with Crippen molar-refractivity contribution in [1.29, 1.82) is 0 Å². The summed E-state index contributed by atoms with van der Waals surface area (Å²) in [6.45, 7) is 0.689. The molecule has 0 aromatic heterocycles. The molecule has 1 saturated carbocycles. The number of methoxy groups -OCH3 is 1. The van der Waals surface area contributed by atoms with Crippen molar-refractivity contribution >= 4 is 17.5 Å². The first-order chi connectivity index (χ1) is 12.1. The molecule has 136 valence electrons. The van der Waals surface area contributed by atoms with Gasteiger partial charge in [-0.05, 0) is 25.0 Å². The molecular weight excluding hydrogens is 324 g/mol. The van der Waals surface area contributed by atoms with Gasteiger partial charge in [0.05, 0.1) is 19.4 Å². The van der Waals surface area contributed by atoms with Crippen LogP contribution < -0.4 is 15.4 Å². The molecule has 25 heavy (non-hydrogen) atoms. The summed E-state index contributed by atoms with van der Waals surface area (Å²) >= 11 is 0. The predicted molar refractivity (Wildman–Crippen MR) is 91.3 cm³/mol. The van der Waals surface area contributed by atoms with Gasteiger partial charge >= 0.3 is 11.8 Å². The van der Waals surface area contributed by atoms with Crippen LogP contribution in [0.5, 0.6) is 5.75 Å². The molecule has 2 N–H and O–H groups in total. The number of ether oxygens (including phenoxy) is 3. The van der Waals surface area contributed by atoms with Crippen molar-refractivity contribution in [2.45, 2.75) is 44.0 Å². The number of benzene rings is 1. The molecule has 7 heteroatoms. The number of carbonyl (C=O) groups excluding carboxylic acids is 2. The second-order valence-corrected chi connectivity index (χ2v) is 6.39. The highest BCUT2D eigenvalue weighted by molar-refractivity contribution is 6.39. The molecule has 1 heterocycles. The number of rotatable bonds is 4. The van der Waals surface area contributed by atoms with Gasteiger partial charge in [-0.2, -0.15) is 0 Å². The number of amides is 2. The van der Waals surface area contributed by atoms with Crippen LogP contribution in [0, 0.1) is 0 Å². The van der Waals surface area contributed by atoms with Crippen LogP contribution in [0.15, 0.2) is 24.3 Å². The van der Waals surface area contributed by atoms with E-state index >= 15 is 0 Å². The summed E-state index contributed by atoms with van der Waals surface area (Å²) in [5, 5.41) is 5.15. The minimum atomic E-state index is -0.740. The van der Waals surface area contributed by atoms with Crippen molar-refractivity contribution in [3.05, 3.63) is 24.3 Å². The third kappa shape index (κ3) is 4.29. The largest absolute Gasteiger partial charge is 0.495 e. The standard InChI is InChI=1S/C18H24N2O5/c1-23-15-8-4-3-7-14(15)20-17(22)16(21)19-11-13-12-24-18(25-13)9-5-2-6-10-18/h3-4,7-8,13H,2,5-6,9-12H2,1H3,(H,19,21)(H,20,22). The maximum atomic E-state index is 12.0. The molecule has 7 nitrogen and oxygen atoms in total. The molecule has 3 rings (SSSR count). The molecular formula is C18H24N2O5. The smallest absolute Gasteiger partial charge is 0.313 e. The van der Waals surface area contributed by atoms with E-state index in [0.717, 1.165) is 25.7 Å². The normalized spacial score (nSPS) is 21.7. The van der Waals surface area contributed by atoms with Gasteiger partial charge in [0.15, 0.2) is 5.79 Å². The van der Waals surface area contributed by atoms with E-state index in [9.17, 15) is 9.59 Å². The van der Waals surface area contributed by atoms with Gasteiger partial charge in [0.25, 0.3) is 0 Å². The van der Waals surface area contributed by atoms with E-state index in [1.165, 1.54) is 13.5 Å². The molecule has 2 amide bonds. The van der Waals surface area contributed by atoms with Crippen molar-refractivity contribution < 1.29 is 23.8 Å². The minimum Gasteiger partial charge on any atom is -0.495 e. The lowest BCUT2D eigenvalue weighted by atomic mass is 9.94. The topological polar surface area (TPSA) is 85.9 Å². The van der Waals surface area contributed by atoms with Crippen molar-refractivity contribution in [2.75, 3.05) is 25.6 Å². The van der Waals surface area contributed by atoms with E-state index in [4.69, 9.17) is 14.2 Å². The Morgan fingerprint density at radius 2 is 1.96 bits per heavy atom. The zero-order chi connectivity index (χ0) is 17.7. The summed E-state index contributed by atoms with van der Waals surface area (Å²) in [6.07, 6.45) is 4.97. The Kier molecular flexibility index (Phi) is 5.55. The molecule has 1 aliphatic carbocycles. The van der Waals surface area contributed by atoms with Gasteiger partial charge < -0.3 is 24.8 Å². The zero-order valence-electron chi connectivity index (χ0n) is 14.4. The Hall–Kier alpha value is -2.12. The highest BCUT2D eigenvalue weighted by Gasteiger charge is 2.42. The maximum Gasteiger partial charge on any atom is 0.313 e. The van der Waals surface area contributed by atoms with Crippen molar-refractivity contribution in [3.8, 4) is 5.75 Å². The molecule has 0 radical (unpaired) electrons. The highest BCUT2D eigenvalue weighted by atomic mass is 16.7. The Morgan fingerprint density at radius 3 is 2.72 bits per heavy atom. The second-order valence-electron chi connectivity index (χ2n) is 6.39. The average molecular weight is 348 g/mol. The average Bonchev–Trinajstić information content (AvgIpc) is 3.03. The van der Waals surface area contributed by atoms with Crippen LogP contribution in [0.3, 0.4) is 0 Å². The molecule has 1 aromatic rings. The second kappa shape index (κ2) is 7.84. The SMILES string of the molecule is COc1ccccc1NC(=O)C(=O)NCC1COC2(CCCCC2)O1. The molecule has 1 saturated heterocycles. The van der Waals surface area contributed by atoms with E-state index in [-0.39, 0.29) is 12.6 Å². The van der Waals surface area contributed by atoms with Crippen LogP contribution in [0.1, 0.15) is 32.1 Å². The third-order valence-electron chi connectivity index (χ3n) is 4.58. The molecule has 1 spiro atoms. The number of carbonyl (C=O) groups is 2. The Labute approximate surface area is 147 Å². The number of para-hydroxylation sites is 2. The van der Waals surface area contributed by atoms with Gasteiger partial charge in [-0.25, -0.2) is 0 Å². The fraction of sp³-hybridized carbons (Fsp3) is 0.556. The number of anilines is 1. The van der Waals surface area contributed by atoms with Gasteiger partial charge in [0, 0.05) is 19.4 Å². The highest BCUT2D eigenvalue weighted by Crippen LogP contribution is 2.37. The summed E-state index contributed by atoms with van der Waals surface area (Å²) < 4.78 is 17.0. The number of nitrogens with one attached hydrogen (secondary N) is 2. The van der Waals surface area contributed by atoms with Gasteiger partial charge in [-0.3, -0.25) is 9.59 Å². The van der Waals surface area contributed by atoms with Gasteiger partial charge in [0.2, 0.25) is 0 Å². The molecule has 1 unspecified atom stereocenters. The Morgan fingerprint density at radius 1 is 1.20 bits per heavy atom. The van der Waals surface area contributed by atoms with Gasteiger partial charge in [-0.1, -0.05) is 18.6 Å². The van der Waals surface area contributed by atoms with Gasteiger partial charge in [-0.15, -0.1) is 0 Å². The Balaban J connectivity index is 1.47. The van der Waals surface area contributed by atoms with E-state index in [1.807, 2.05) is 0 Å².